The van der Waals surface area contributed by atoms with E-state index in [0.29, 0.717) is 11.5 Å². The summed E-state index contributed by atoms with van der Waals surface area (Å²) in [4.78, 5) is 17.7. The molecule has 0 spiro atoms. The Morgan fingerprint density at radius 2 is 1.79 bits per heavy atom. The van der Waals surface area contributed by atoms with Crippen molar-refractivity contribution in [2.75, 3.05) is 5.01 Å². The minimum atomic E-state index is -0.125. The number of allylic oxidation sites excluding steroid dienone is 2. The first-order valence-electron chi connectivity index (χ1n) is 9.32. The summed E-state index contributed by atoms with van der Waals surface area (Å²) in [5.41, 5.74) is 0.630. The van der Waals surface area contributed by atoms with Crippen LogP contribution in [0.4, 0.5) is 0 Å². The van der Waals surface area contributed by atoms with Crippen molar-refractivity contribution >= 4 is 5.78 Å². The molecule has 3 heterocycles. The zero-order valence-electron chi connectivity index (χ0n) is 18.1. The number of aryl methyl sites for hydroxylation is 1. The molecule has 0 saturated carbocycles. The van der Waals surface area contributed by atoms with E-state index in [1.807, 2.05) is 4.79 Å². The number of nitrogens with zero attached hydrogens (tertiary/aromatic N) is 7. The van der Waals surface area contributed by atoms with Crippen LogP contribution in [0.3, 0.4) is 0 Å². The number of ketones is 1. The molecule has 163 valence electrons. The van der Waals surface area contributed by atoms with Gasteiger partial charge in [0.2, 0.25) is 0 Å². The third kappa shape index (κ3) is 6.21. The van der Waals surface area contributed by atoms with E-state index in [4.69, 9.17) is 5.11 Å². The van der Waals surface area contributed by atoms with Crippen molar-refractivity contribution in [3.63, 3.8) is 0 Å². The van der Waals surface area contributed by atoms with Gasteiger partial charge in [-0.25, -0.2) is 9.59 Å². The van der Waals surface area contributed by atoms with Gasteiger partial charge < -0.3 is 15.1 Å². The van der Waals surface area contributed by atoms with Gasteiger partial charge in [-0.1, -0.05) is 6.20 Å². The van der Waals surface area contributed by atoms with Crippen LogP contribution in [0, 0.1) is 6.20 Å². The third-order valence-corrected chi connectivity index (χ3v) is 4.61. The topological polar surface area (TPSA) is 102 Å². The van der Waals surface area contributed by atoms with Gasteiger partial charge in [0, 0.05) is 39.1 Å². The second-order valence-electron chi connectivity index (χ2n) is 8.31. The molecule has 1 fully saturated rings. The van der Waals surface area contributed by atoms with E-state index in [9.17, 15) is 4.79 Å². The second kappa shape index (κ2) is 9.63. The molecule has 1 aliphatic heterocycles. The van der Waals surface area contributed by atoms with E-state index in [1.165, 1.54) is 31.1 Å². The Kier molecular flexibility index (Phi) is 8.29. The molecule has 3 rings (SSSR count). The SMILES string of the molecule is CC(=O)/C=C(/C)O.Cn1n[c-]c(-c2ncnn2N2C(C)(C)CCCC2(C)C)n1.[Ir]. The molecule has 1 saturated heterocycles. The zero-order chi connectivity index (χ0) is 21.1. The fourth-order valence-corrected chi connectivity index (χ4v) is 3.73. The summed E-state index contributed by atoms with van der Waals surface area (Å²) in [5, 5.41) is 23.4. The molecule has 2 aromatic heterocycles. The van der Waals surface area contributed by atoms with Crippen molar-refractivity contribution in [2.24, 2.45) is 7.05 Å². The van der Waals surface area contributed by atoms with Gasteiger partial charge in [0.05, 0.1) is 16.8 Å². The molecule has 0 amide bonds. The van der Waals surface area contributed by atoms with Gasteiger partial charge in [0.1, 0.15) is 6.33 Å². The average molecular weight is 581 g/mol. The van der Waals surface area contributed by atoms with Crippen LogP contribution in [0.1, 0.15) is 60.8 Å². The minimum absolute atomic E-state index is 0. The number of hydrogen-bond acceptors (Lipinski definition) is 7. The molecule has 10 heteroatoms. The van der Waals surface area contributed by atoms with E-state index < -0.39 is 0 Å². The number of piperidine rings is 1. The third-order valence-electron chi connectivity index (χ3n) is 4.61. The van der Waals surface area contributed by atoms with E-state index in [1.54, 1.807) is 13.4 Å². The Morgan fingerprint density at radius 3 is 2.21 bits per heavy atom. The van der Waals surface area contributed by atoms with E-state index in [2.05, 4.69) is 59.2 Å². The molecule has 0 aliphatic carbocycles. The number of aliphatic hydroxyl groups excluding tert-OH is 1. The van der Waals surface area contributed by atoms with Crippen molar-refractivity contribution in [1.29, 1.82) is 0 Å². The van der Waals surface area contributed by atoms with Crippen LogP contribution in [-0.2, 0) is 31.9 Å². The average Bonchev–Trinajstić information content (AvgIpc) is 3.13. The molecule has 1 radical (unpaired) electrons. The maximum Gasteiger partial charge on any atom is 0.155 e. The second-order valence-corrected chi connectivity index (χ2v) is 8.31. The predicted molar refractivity (Wildman–Crippen MR) is 106 cm³/mol. The minimum Gasteiger partial charge on any atom is -0.512 e. The van der Waals surface area contributed by atoms with E-state index in [0.717, 1.165) is 12.8 Å². The maximum atomic E-state index is 10.0. The molecule has 0 atom stereocenters. The molecule has 29 heavy (non-hydrogen) atoms. The van der Waals surface area contributed by atoms with E-state index >= 15 is 0 Å². The molecule has 1 aliphatic rings. The van der Waals surface area contributed by atoms with Gasteiger partial charge in [-0.3, -0.25) is 9.89 Å². The van der Waals surface area contributed by atoms with Crippen LogP contribution >= 0.6 is 0 Å². The largest absolute Gasteiger partial charge is 0.512 e. The number of carbonyl (C=O) groups excluding carboxylic acids is 1. The first-order chi connectivity index (χ1) is 12.9. The summed E-state index contributed by atoms with van der Waals surface area (Å²) in [6.07, 6.45) is 9.10. The van der Waals surface area contributed by atoms with Gasteiger partial charge in [0.15, 0.2) is 5.78 Å². The van der Waals surface area contributed by atoms with Gasteiger partial charge in [-0.2, -0.15) is 10.2 Å². The summed E-state index contributed by atoms with van der Waals surface area (Å²) in [5.74, 6) is 0.624. The summed E-state index contributed by atoms with van der Waals surface area (Å²) in [6, 6.07) is 0. The number of aliphatic hydroxyl groups is 1. The Bertz CT molecular complexity index is 834. The first-order valence-corrected chi connectivity index (χ1v) is 9.32. The number of rotatable bonds is 3. The monoisotopic (exact) mass is 581 g/mol. The molecule has 1 N–H and O–H groups in total. The van der Waals surface area contributed by atoms with Gasteiger partial charge in [-0.15, -0.1) is 0 Å². The summed E-state index contributed by atoms with van der Waals surface area (Å²) < 4.78 is 0. The normalized spacial score (nSPS) is 17.8. The van der Waals surface area contributed by atoms with Crippen molar-refractivity contribution in [2.45, 2.75) is 71.9 Å². The molecule has 0 bridgehead atoms. The summed E-state index contributed by atoms with van der Waals surface area (Å²) >= 11 is 0. The van der Waals surface area contributed by atoms with Gasteiger partial charge in [0.25, 0.3) is 0 Å². The predicted octanol–water partition coefficient (Wildman–Crippen LogP) is 2.59. The smallest absolute Gasteiger partial charge is 0.155 e. The van der Waals surface area contributed by atoms with Crippen LogP contribution in [0.2, 0.25) is 0 Å². The molecule has 2 aromatic rings. The fourth-order valence-electron chi connectivity index (χ4n) is 3.73. The van der Waals surface area contributed by atoms with Gasteiger partial charge >= 0.3 is 0 Å². The molecule has 0 unspecified atom stereocenters. The summed E-state index contributed by atoms with van der Waals surface area (Å²) in [7, 11) is 1.77. The number of hydrogen-bond donors (Lipinski definition) is 1. The first kappa shape index (κ1) is 25.0. The Hall–Kier alpha value is -2.06. The van der Waals surface area contributed by atoms with E-state index in [-0.39, 0.29) is 42.7 Å². The van der Waals surface area contributed by atoms with Crippen LogP contribution in [0.5, 0.6) is 0 Å². The molecular formula is C19H30IrN7O2-. The maximum absolute atomic E-state index is 10.0. The Balaban J connectivity index is 0.000000456. The van der Waals surface area contributed by atoms with Crippen molar-refractivity contribution in [1.82, 2.24) is 29.9 Å². The van der Waals surface area contributed by atoms with Crippen LogP contribution < -0.4 is 5.01 Å². The quantitative estimate of drug-likeness (QED) is 0.338. The molecule has 0 aromatic carbocycles. The summed E-state index contributed by atoms with van der Waals surface area (Å²) in [6.45, 7) is 11.8. The van der Waals surface area contributed by atoms with Crippen molar-refractivity contribution < 1.29 is 30.0 Å². The Morgan fingerprint density at radius 1 is 1.21 bits per heavy atom. The fraction of sp³-hybridized carbons (Fsp3) is 0.632. The van der Waals surface area contributed by atoms with Crippen molar-refractivity contribution in [3.05, 3.63) is 24.4 Å². The standard InChI is InChI=1S/C14H22N7.C5H8O2.Ir/c1-13(2)7-6-8-14(3,4)21(13)20-12(15-10-17-20)11-9-16-19(5)18-11;1-4(6)3-5(2)7;/h10H,6-8H2,1-5H3;3,6H,1-2H3;/q-1;;/b;4-3-;. The van der Waals surface area contributed by atoms with Crippen LogP contribution in [0.15, 0.2) is 18.2 Å². The van der Waals surface area contributed by atoms with Crippen molar-refractivity contribution in [3.8, 4) is 11.5 Å². The van der Waals surface area contributed by atoms with Gasteiger partial charge in [-0.05, 0) is 66.5 Å². The molecular weight excluding hydrogens is 550 g/mol. The van der Waals surface area contributed by atoms with Crippen LogP contribution in [-0.4, -0.2) is 51.8 Å². The number of aromatic nitrogens is 6. The molecule has 9 nitrogen and oxygen atoms in total. The Labute approximate surface area is 185 Å². The van der Waals surface area contributed by atoms with Crippen LogP contribution in [0.25, 0.3) is 11.5 Å². The zero-order valence-corrected chi connectivity index (χ0v) is 20.5. The number of carbonyl (C=O) groups is 1.